The third-order valence-corrected chi connectivity index (χ3v) is 7.27. The summed E-state index contributed by atoms with van der Waals surface area (Å²) in [6.07, 6.45) is 0. The van der Waals surface area contributed by atoms with Crippen LogP contribution in [0.15, 0.2) is 72.3 Å². The third kappa shape index (κ3) is 5.56. The highest BCUT2D eigenvalue weighted by Gasteiger charge is 2.46. The third-order valence-electron chi connectivity index (χ3n) is 7.27. The smallest absolute Gasteiger partial charge is 0.295 e. The standard InChI is InChI=1S/C33H37NO5/c1-20(2)26-18-23(12-17-27(26)39-7)30(35)28-29(22-10-13-24(14-11-22)33(3,4)5)34(32(37)31(28)36)19-21-8-15-25(38-6)16-9-21/h8-18,20,29,35H,19H2,1-7H3/b30-28-. The van der Waals surface area contributed by atoms with Gasteiger partial charge in [0.2, 0.25) is 0 Å². The molecule has 3 aromatic carbocycles. The number of amides is 1. The lowest BCUT2D eigenvalue weighted by molar-refractivity contribution is -0.140. The molecule has 4 rings (SSSR count). The molecule has 39 heavy (non-hydrogen) atoms. The van der Waals surface area contributed by atoms with Crippen LogP contribution in [0.1, 0.15) is 74.4 Å². The number of carbonyl (C=O) groups is 2. The summed E-state index contributed by atoms with van der Waals surface area (Å²) in [6, 6.07) is 19.9. The number of Topliss-reactive ketones (excluding diaryl/α,β-unsaturated/α-hetero) is 1. The van der Waals surface area contributed by atoms with Crippen LogP contribution in [0, 0.1) is 0 Å². The summed E-state index contributed by atoms with van der Waals surface area (Å²) in [5.74, 6) is 0.0000467. The maximum atomic E-state index is 13.5. The van der Waals surface area contributed by atoms with Gasteiger partial charge in [-0.05, 0) is 63.9 Å². The highest BCUT2D eigenvalue weighted by molar-refractivity contribution is 6.46. The first kappa shape index (κ1) is 28.0. The number of nitrogens with zero attached hydrogens (tertiary/aromatic N) is 1. The second kappa shape index (κ2) is 11.0. The van der Waals surface area contributed by atoms with Gasteiger partial charge in [0.05, 0.1) is 25.8 Å². The van der Waals surface area contributed by atoms with Crippen LogP contribution < -0.4 is 9.47 Å². The van der Waals surface area contributed by atoms with Crippen molar-refractivity contribution in [1.29, 1.82) is 0 Å². The Labute approximate surface area is 230 Å². The highest BCUT2D eigenvalue weighted by atomic mass is 16.5. The molecule has 1 aliphatic heterocycles. The van der Waals surface area contributed by atoms with E-state index in [4.69, 9.17) is 9.47 Å². The molecular formula is C33H37NO5. The molecule has 1 fully saturated rings. The van der Waals surface area contributed by atoms with E-state index >= 15 is 0 Å². The summed E-state index contributed by atoms with van der Waals surface area (Å²) < 4.78 is 10.8. The van der Waals surface area contributed by atoms with Crippen molar-refractivity contribution in [1.82, 2.24) is 4.90 Å². The number of aliphatic hydroxyl groups is 1. The fourth-order valence-corrected chi connectivity index (χ4v) is 4.97. The number of carbonyl (C=O) groups excluding carboxylic acids is 2. The van der Waals surface area contributed by atoms with Gasteiger partial charge in [-0.2, -0.15) is 0 Å². The molecule has 1 N–H and O–H groups in total. The van der Waals surface area contributed by atoms with Gasteiger partial charge in [-0.25, -0.2) is 0 Å². The minimum Gasteiger partial charge on any atom is -0.507 e. The number of rotatable bonds is 7. The van der Waals surface area contributed by atoms with E-state index in [0.29, 0.717) is 17.1 Å². The lowest BCUT2D eigenvalue weighted by Gasteiger charge is -2.27. The molecule has 1 aliphatic rings. The molecule has 0 bridgehead atoms. The summed E-state index contributed by atoms with van der Waals surface area (Å²) in [6.45, 7) is 10.7. The van der Waals surface area contributed by atoms with Crippen LogP contribution in [0.4, 0.5) is 0 Å². The van der Waals surface area contributed by atoms with Crippen molar-refractivity contribution in [3.8, 4) is 11.5 Å². The molecule has 6 nitrogen and oxygen atoms in total. The summed E-state index contributed by atoms with van der Waals surface area (Å²) >= 11 is 0. The second-order valence-corrected chi connectivity index (χ2v) is 11.3. The van der Waals surface area contributed by atoms with Gasteiger partial charge >= 0.3 is 0 Å². The molecular weight excluding hydrogens is 490 g/mol. The van der Waals surface area contributed by atoms with Crippen molar-refractivity contribution in [2.24, 2.45) is 0 Å². The average Bonchev–Trinajstić information content (AvgIpc) is 3.17. The maximum absolute atomic E-state index is 13.5. The van der Waals surface area contributed by atoms with Gasteiger partial charge in [0.1, 0.15) is 17.3 Å². The number of aliphatic hydroxyl groups excluding tert-OH is 1. The molecule has 1 saturated heterocycles. The second-order valence-electron chi connectivity index (χ2n) is 11.3. The predicted molar refractivity (Wildman–Crippen MR) is 153 cm³/mol. The van der Waals surface area contributed by atoms with Crippen LogP contribution in [-0.4, -0.2) is 35.9 Å². The molecule has 0 saturated carbocycles. The van der Waals surface area contributed by atoms with Crippen LogP contribution in [0.5, 0.6) is 11.5 Å². The van der Waals surface area contributed by atoms with E-state index in [-0.39, 0.29) is 29.2 Å². The lowest BCUT2D eigenvalue weighted by Crippen LogP contribution is -2.29. The number of hydrogen-bond acceptors (Lipinski definition) is 5. The Balaban J connectivity index is 1.86. The van der Waals surface area contributed by atoms with Crippen LogP contribution in [0.3, 0.4) is 0 Å². The van der Waals surface area contributed by atoms with Gasteiger partial charge in [0.15, 0.2) is 0 Å². The first-order valence-corrected chi connectivity index (χ1v) is 13.2. The normalized spacial score (nSPS) is 17.1. The minimum absolute atomic E-state index is 0.0558. The number of ether oxygens (including phenoxy) is 2. The zero-order chi connectivity index (χ0) is 28.5. The van der Waals surface area contributed by atoms with Gasteiger partial charge in [0, 0.05) is 12.1 Å². The Bertz CT molecular complexity index is 1400. The molecule has 1 unspecified atom stereocenters. The molecule has 0 radical (unpaired) electrons. The quantitative estimate of drug-likeness (QED) is 0.209. The molecule has 1 atom stereocenters. The monoisotopic (exact) mass is 527 g/mol. The SMILES string of the molecule is COc1ccc(CN2C(=O)C(=O)/C(=C(\O)c3ccc(OC)c(C(C)C)c3)C2c2ccc(C(C)(C)C)cc2)cc1. The van der Waals surface area contributed by atoms with Gasteiger partial charge in [-0.3, -0.25) is 9.59 Å². The van der Waals surface area contributed by atoms with Crippen molar-refractivity contribution in [2.75, 3.05) is 14.2 Å². The molecule has 0 spiro atoms. The minimum atomic E-state index is -0.745. The Morgan fingerprint density at radius 1 is 0.923 bits per heavy atom. The Kier molecular flexibility index (Phi) is 7.86. The Morgan fingerprint density at radius 3 is 2.10 bits per heavy atom. The fourth-order valence-electron chi connectivity index (χ4n) is 4.97. The van der Waals surface area contributed by atoms with Crippen LogP contribution in [0.25, 0.3) is 5.76 Å². The van der Waals surface area contributed by atoms with Gasteiger partial charge < -0.3 is 19.5 Å². The van der Waals surface area contributed by atoms with E-state index in [2.05, 4.69) is 20.8 Å². The van der Waals surface area contributed by atoms with Crippen molar-refractivity contribution in [3.63, 3.8) is 0 Å². The van der Waals surface area contributed by atoms with E-state index in [0.717, 1.165) is 22.3 Å². The maximum Gasteiger partial charge on any atom is 0.295 e. The summed E-state index contributed by atoms with van der Waals surface area (Å²) in [7, 11) is 3.20. The molecule has 0 aliphatic carbocycles. The van der Waals surface area contributed by atoms with Crippen molar-refractivity contribution in [2.45, 2.75) is 58.5 Å². The zero-order valence-corrected chi connectivity index (χ0v) is 23.7. The largest absolute Gasteiger partial charge is 0.507 e. The van der Waals surface area contributed by atoms with Crippen molar-refractivity contribution >= 4 is 17.4 Å². The van der Waals surface area contributed by atoms with Crippen LogP contribution in [0.2, 0.25) is 0 Å². The summed E-state index contributed by atoms with van der Waals surface area (Å²) in [5.41, 5.74) is 4.14. The number of methoxy groups -OCH3 is 2. The first-order chi connectivity index (χ1) is 18.5. The van der Waals surface area contributed by atoms with E-state index in [1.165, 1.54) is 4.90 Å². The number of ketones is 1. The number of benzene rings is 3. The van der Waals surface area contributed by atoms with Crippen molar-refractivity contribution in [3.05, 3.63) is 100 Å². The summed E-state index contributed by atoms with van der Waals surface area (Å²) in [5, 5.41) is 11.6. The molecule has 1 heterocycles. The molecule has 0 aromatic heterocycles. The highest BCUT2D eigenvalue weighted by Crippen LogP contribution is 2.41. The van der Waals surface area contributed by atoms with Gasteiger partial charge in [-0.1, -0.05) is 71.0 Å². The van der Waals surface area contributed by atoms with Gasteiger partial charge in [0.25, 0.3) is 11.7 Å². The average molecular weight is 528 g/mol. The first-order valence-electron chi connectivity index (χ1n) is 13.2. The van der Waals surface area contributed by atoms with E-state index in [1.807, 2.05) is 68.4 Å². The predicted octanol–water partition coefficient (Wildman–Crippen LogP) is 6.75. The Hall–Kier alpha value is -4.06. The molecule has 3 aromatic rings. The van der Waals surface area contributed by atoms with E-state index in [1.54, 1.807) is 26.4 Å². The fraction of sp³-hybridized carbons (Fsp3) is 0.333. The molecule has 1 amide bonds. The van der Waals surface area contributed by atoms with E-state index in [9.17, 15) is 14.7 Å². The van der Waals surface area contributed by atoms with E-state index < -0.39 is 17.7 Å². The van der Waals surface area contributed by atoms with Crippen LogP contribution >= 0.6 is 0 Å². The lowest BCUT2D eigenvalue weighted by atomic mass is 9.85. The molecule has 204 valence electrons. The topological polar surface area (TPSA) is 76.1 Å². The zero-order valence-electron chi connectivity index (χ0n) is 23.7. The molecule has 6 heteroatoms. The van der Waals surface area contributed by atoms with Crippen molar-refractivity contribution < 1.29 is 24.2 Å². The summed E-state index contributed by atoms with van der Waals surface area (Å²) in [4.78, 5) is 28.5. The van der Waals surface area contributed by atoms with Crippen LogP contribution in [-0.2, 0) is 21.5 Å². The number of hydrogen-bond donors (Lipinski definition) is 1. The Morgan fingerprint density at radius 2 is 1.56 bits per heavy atom. The number of likely N-dealkylation sites (tertiary alicyclic amines) is 1. The van der Waals surface area contributed by atoms with Gasteiger partial charge in [-0.15, -0.1) is 0 Å².